The van der Waals surface area contributed by atoms with Crippen molar-refractivity contribution in [2.75, 3.05) is 0 Å². The van der Waals surface area contributed by atoms with Crippen molar-refractivity contribution in [3.8, 4) is 0 Å². The fourth-order valence-corrected chi connectivity index (χ4v) is 2.66. The van der Waals surface area contributed by atoms with Crippen LogP contribution in [0.15, 0.2) is 48.6 Å². The number of hydrogen-bond donors (Lipinski definition) is 0. The smallest absolute Gasteiger partial charge is 0.00179 e. The maximum atomic E-state index is 2.35. The fourth-order valence-electron chi connectivity index (χ4n) is 2.66. The normalized spacial score (nSPS) is 29.2. The third-order valence-corrected chi connectivity index (χ3v) is 3.65. The van der Waals surface area contributed by atoms with Crippen molar-refractivity contribution in [3.05, 3.63) is 48.6 Å². The topological polar surface area (TPSA) is 0 Å². The molecule has 0 N–H and O–H groups in total. The average molecular weight is 170 g/mol. The summed E-state index contributed by atoms with van der Waals surface area (Å²) in [6, 6.07) is 0. The van der Waals surface area contributed by atoms with E-state index in [4.69, 9.17) is 0 Å². The zero-order chi connectivity index (χ0) is 8.73. The highest BCUT2D eigenvalue weighted by Crippen LogP contribution is 2.60. The molecule has 3 aliphatic carbocycles. The zero-order valence-electron chi connectivity index (χ0n) is 7.69. The summed E-state index contributed by atoms with van der Waals surface area (Å²) in [6.07, 6.45) is 21.0. The van der Waals surface area contributed by atoms with E-state index in [0.29, 0.717) is 17.3 Å². The van der Waals surface area contributed by atoms with Crippen LogP contribution in [-0.4, -0.2) is 0 Å². The monoisotopic (exact) mass is 170 g/mol. The average Bonchev–Trinajstić information content (AvgIpc) is 2.68. The van der Waals surface area contributed by atoms with Crippen molar-refractivity contribution < 1.29 is 0 Å². The van der Waals surface area contributed by atoms with Crippen molar-refractivity contribution in [3.63, 3.8) is 0 Å². The van der Waals surface area contributed by atoms with Gasteiger partial charge in [0.05, 0.1) is 0 Å². The molecule has 0 heteroatoms. The summed E-state index contributed by atoms with van der Waals surface area (Å²) in [6.45, 7) is 0. The highest BCUT2D eigenvalue weighted by molar-refractivity contribution is 5.31. The Labute approximate surface area is 79.3 Å². The summed E-state index contributed by atoms with van der Waals surface area (Å²) in [5.74, 6) is 1.40. The molecule has 0 aromatic carbocycles. The van der Waals surface area contributed by atoms with E-state index < -0.39 is 0 Å². The van der Waals surface area contributed by atoms with E-state index in [1.165, 1.54) is 12.8 Å². The molecule has 0 aliphatic heterocycles. The molecule has 0 saturated heterocycles. The Morgan fingerprint density at radius 1 is 0.692 bits per heavy atom. The Morgan fingerprint density at radius 2 is 1.08 bits per heavy atom. The van der Waals surface area contributed by atoms with Gasteiger partial charge in [-0.15, -0.1) is 0 Å². The minimum atomic E-state index is 0.563. The Balaban J connectivity index is 1.88. The summed E-state index contributed by atoms with van der Waals surface area (Å²) < 4.78 is 0. The van der Waals surface area contributed by atoms with Crippen LogP contribution in [0.2, 0.25) is 0 Å². The molecule has 13 heavy (non-hydrogen) atoms. The molecule has 0 aromatic rings. The third kappa shape index (κ3) is 0.980. The van der Waals surface area contributed by atoms with E-state index in [9.17, 15) is 0 Å². The Kier molecular flexibility index (Phi) is 1.40. The SMILES string of the molecule is C1=CC(C2(C3C=CC=C3)CC2)C=C1. The molecule has 0 amide bonds. The number of rotatable bonds is 2. The molecule has 0 aromatic heterocycles. The molecule has 0 bridgehead atoms. The second kappa shape index (κ2) is 2.47. The second-order valence-corrected chi connectivity index (χ2v) is 4.32. The van der Waals surface area contributed by atoms with Crippen LogP contribution in [0.5, 0.6) is 0 Å². The summed E-state index contributed by atoms with van der Waals surface area (Å²) in [5, 5.41) is 0. The quantitative estimate of drug-likeness (QED) is 0.596. The lowest BCUT2D eigenvalue weighted by Gasteiger charge is -2.24. The van der Waals surface area contributed by atoms with Gasteiger partial charge in [0.2, 0.25) is 0 Å². The van der Waals surface area contributed by atoms with Crippen LogP contribution in [0.3, 0.4) is 0 Å². The predicted molar refractivity (Wildman–Crippen MR) is 55.2 cm³/mol. The molecule has 0 heterocycles. The maximum Gasteiger partial charge on any atom is 0.00179 e. The molecule has 0 nitrogen and oxygen atoms in total. The Bertz CT molecular complexity index is 270. The van der Waals surface area contributed by atoms with E-state index in [1.807, 2.05) is 0 Å². The first-order valence-electron chi connectivity index (χ1n) is 5.12. The van der Waals surface area contributed by atoms with Crippen LogP contribution in [0.4, 0.5) is 0 Å². The lowest BCUT2D eigenvalue weighted by Crippen LogP contribution is -2.18. The van der Waals surface area contributed by atoms with E-state index >= 15 is 0 Å². The molecular formula is C13H14. The molecule has 0 spiro atoms. The minimum absolute atomic E-state index is 0.563. The first kappa shape index (κ1) is 7.37. The van der Waals surface area contributed by atoms with E-state index in [0.717, 1.165) is 0 Å². The van der Waals surface area contributed by atoms with Crippen molar-refractivity contribution in [1.29, 1.82) is 0 Å². The molecule has 0 atom stereocenters. The largest absolute Gasteiger partial charge is 0.0770 e. The number of hydrogen-bond acceptors (Lipinski definition) is 0. The van der Waals surface area contributed by atoms with Gasteiger partial charge in [0.1, 0.15) is 0 Å². The summed E-state index contributed by atoms with van der Waals surface area (Å²) in [5.41, 5.74) is 0.563. The van der Waals surface area contributed by atoms with Gasteiger partial charge >= 0.3 is 0 Å². The second-order valence-electron chi connectivity index (χ2n) is 4.32. The minimum Gasteiger partial charge on any atom is -0.0770 e. The lowest BCUT2D eigenvalue weighted by atomic mass is 9.79. The van der Waals surface area contributed by atoms with Crippen LogP contribution in [0.1, 0.15) is 12.8 Å². The standard InChI is InChI=1S/C13H14/c1-2-6-11(5-1)13(9-10-13)12-7-3-4-8-12/h1-8,11-12H,9-10H2. The molecule has 0 unspecified atom stereocenters. The molecular weight excluding hydrogens is 156 g/mol. The molecule has 1 saturated carbocycles. The van der Waals surface area contributed by atoms with Crippen molar-refractivity contribution >= 4 is 0 Å². The van der Waals surface area contributed by atoms with Crippen LogP contribution in [0, 0.1) is 17.3 Å². The van der Waals surface area contributed by atoms with Crippen LogP contribution >= 0.6 is 0 Å². The molecule has 3 aliphatic rings. The highest BCUT2D eigenvalue weighted by Gasteiger charge is 2.51. The van der Waals surface area contributed by atoms with Crippen molar-refractivity contribution in [2.45, 2.75) is 12.8 Å². The summed E-state index contributed by atoms with van der Waals surface area (Å²) in [7, 11) is 0. The molecule has 3 rings (SSSR count). The summed E-state index contributed by atoms with van der Waals surface area (Å²) >= 11 is 0. The number of allylic oxidation sites excluding steroid dienone is 8. The van der Waals surface area contributed by atoms with E-state index in [2.05, 4.69) is 48.6 Å². The van der Waals surface area contributed by atoms with Gasteiger partial charge < -0.3 is 0 Å². The van der Waals surface area contributed by atoms with Gasteiger partial charge in [-0.05, 0) is 18.3 Å². The van der Waals surface area contributed by atoms with E-state index in [1.54, 1.807) is 0 Å². The van der Waals surface area contributed by atoms with Gasteiger partial charge in [0, 0.05) is 11.8 Å². The first-order valence-corrected chi connectivity index (χ1v) is 5.12. The lowest BCUT2D eigenvalue weighted by molar-refractivity contribution is 0.370. The fraction of sp³-hybridized carbons (Fsp3) is 0.385. The first-order chi connectivity index (χ1) is 6.42. The Hall–Kier alpha value is -1.04. The highest BCUT2D eigenvalue weighted by atomic mass is 14.5. The van der Waals surface area contributed by atoms with Gasteiger partial charge in [-0.1, -0.05) is 48.6 Å². The maximum absolute atomic E-state index is 2.35. The van der Waals surface area contributed by atoms with Crippen LogP contribution in [-0.2, 0) is 0 Å². The zero-order valence-corrected chi connectivity index (χ0v) is 7.69. The summed E-state index contributed by atoms with van der Waals surface area (Å²) in [4.78, 5) is 0. The predicted octanol–water partition coefficient (Wildman–Crippen LogP) is 3.25. The van der Waals surface area contributed by atoms with Gasteiger partial charge in [-0.3, -0.25) is 0 Å². The van der Waals surface area contributed by atoms with Crippen molar-refractivity contribution in [1.82, 2.24) is 0 Å². The van der Waals surface area contributed by atoms with Gasteiger partial charge in [0.25, 0.3) is 0 Å². The molecule has 66 valence electrons. The van der Waals surface area contributed by atoms with Crippen molar-refractivity contribution in [2.24, 2.45) is 17.3 Å². The molecule has 1 fully saturated rings. The van der Waals surface area contributed by atoms with Gasteiger partial charge in [-0.2, -0.15) is 0 Å². The van der Waals surface area contributed by atoms with Crippen LogP contribution < -0.4 is 0 Å². The van der Waals surface area contributed by atoms with Gasteiger partial charge in [-0.25, -0.2) is 0 Å². The molecule has 0 radical (unpaired) electrons. The van der Waals surface area contributed by atoms with E-state index in [-0.39, 0.29) is 0 Å². The van der Waals surface area contributed by atoms with Gasteiger partial charge in [0.15, 0.2) is 0 Å². The van der Waals surface area contributed by atoms with Crippen LogP contribution in [0.25, 0.3) is 0 Å². The Morgan fingerprint density at radius 3 is 1.38 bits per heavy atom. The third-order valence-electron chi connectivity index (χ3n) is 3.65.